The standard InChI is InChI=1S/C2H3N3.4ClH.Ti/c1-2-4-5-3-1;;;;;/h1-2H,(H,3,4,5);4*1H;/q;;;;;+4/p-4. The maximum absolute atomic E-state index is 3.49. The maximum Gasteiger partial charge on any atom is 4.00 e. The fourth-order valence-electron chi connectivity index (χ4n) is 0.167. The van der Waals surface area contributed by atoms with E-state index in [4.69, 9.17) is 0 Å². The van der Waals surface area contributed by atoms with Crippen LogP contribution in [0, 0.1) is 0 Å². The van der Waals surface area contributed by atoms with Gasteiger partial charge in [0.25, 0.3) is 0 Å². The number of rotatable bonds is 0. The number of hydrogen-bond donors (Lipinski definition) is 1. The number of halogens is 4. The Labute approximate surface area is 98.6 Å². The molecule has 0 bridgehead atoms. The fraction of sp³-hybridized carbons (Fsp3) is 0. The van der Waals surface area contributed by atoms with E-state index in [2.05, 4.69) is 15.4 Å². The van der Waals surface area contributed by atoms with Crippen molar-refractivity contribution in [2.75, 3.05) is 0 Å². The van der Waals surface area contributed by atoms with Gasteiger partial charge >= 0.3 is 21.7 Å². The van der Waals surface area contributed by atoms with Crippen LogP contribution in [0.3, 0.4) is 0 Å². The number of aromatic amines is 1. The van der Waals surface area contributed by atoms with Crippen LogP contribution in [-0.4, -0.2) is 15.4 Å². The van der Waals surface area contributed by atoms with E-state index in [9.17, 15) is 0 Å². The molecule has 1 aromatic heterocycles. The summed E-state index contributed by atoms with van der Waals surface area (Å²) in [5.41, 5.74) is 0. The molecular formula is C2H3Cl4N3Ti. The third kappa shape index (κ3) is 16.0. The van der Waals surface area contributed by atoms with E-state index in [1.54, 1.807) is 12.4 Å². The van der Waals surface area contributed by atoms with Crippen molar-refractivity contribution in [3.05, 3.63) is 12.4 Å². The molecule has 0 saturated heterocycles. The van der Waals surface area contributed by atoms with Crippen LogP contribution in [0.1, 0.15) is 0 Å². The molecule has 10 heavy (non-hydrogen) atoms. The number of H-pyrrole nitrogens is 1. The number of nitrogens with one attached hydrogen (secondary N) is 1. The molecule has 3 nitrogen and oxygen atoms in total. The largest absolute Gasteiger partial charge is 4.00 e. The smallest absolute Gasteiger partial charge is 1.00 e. The Kier molecular flexibility index (Phi) is 68.7. The molecule has 58 valence electrons. The van der Waals surface area contributed by atoms with E-state index in [-0.39, 0.29) is 71.3 Å². The Morgan fingerprint density at radius 1 is 0.800 bits per heavy atom. The molecule has 1 N–H and O–H groups in total. The van der Waals surface area contributed by atoms with E-state index in [1.165, 1.54) is 0 Å². The minimum atomic E-state index is 0. The molecular weight excluding hydrogens is 256 g/mol. The molecule has 0 saturated carbocycles. The summed E-state index contributed by atoms with van der Waals surface area (Å²) in [7, 11) is 0. The Hall–Kier alpha value is 1.01. The van der Waals surface area contributed by atoms with Crippen molar-refractivity contribution < 1.29 is 71.3 Å². The number of hydrogen-bond acceptors (Lipinski definition) is 2. The second kappa shape index (κ2) is 22.5. The Morgan fingerprint density at radius 2 is 1.10 bits per heavy atom. The molecule has 8 heteroatoms. The van der Waals surface area contributed by atoms with Gasteiger partial charge in [0.2, 0.25) is 0 Å². The Bertz CT molecular complexity index is 75.0. The second-order valence-electron chi connectivity index (χ2n) is 0.656. The SMILES string of the molecule is [Cl-].[Cl-].[Cl-].[Cl-].[Ti+4].c1cn[nH]n1. The van der Waals surface area contributed by atoms with Crippen LogP contribution in [0.4, 0.5) is 0 Å². The Balaban J connectivity index is -0.0000000167. The van der Waals surface area contributed by atoms with Crippen molar-refractivity contribution in [1.29, 1.82) is 0 Å². The van der Waals surface area contributed by atoms with Gasteiger partial charge in [0.15, 0.2) is 0 Å². The molecule has 0 aliphatic heterocycles. The summed E-state index contributed by atoms with van der Waals surface area (Å²) in [4.78, 5) is 0. The first-order valence-electron chi connectivity index (χ1n) is 1.30. The summed E-state index contributed by atoms with van der Waals surface area (Å²) < 4.78 is 0. The van der Waals surface area contributed by atoms with Crippen LogP contribution in [0.2, 0.25) is 0 Å². The van der Waals surface area contributed by atoms with Gasteiger partial charge in [-0.05, 0) is 0 Å². The Morgan fingerprint density at radius 3 is 1.20 bits per heavy atom. The normalized spacial score (nSPS) is 4.00. The van der Waals surface area contributed by atoms with Gasteiger partial charge in [0.05, 0.1) is 12.4 Å². The van der Waals surface area contributed by atoms with Gasteiger partial charge in [-0.1, -0.05) is 0 Å². The summed E-state index contributed by atoms with van der Waals surface area (Å²) >= 11 is 0. The van der Waals surface area contributed by atoms with Crippen molar-refractivity contribution in [3.8, 4) is 0 Å². The third-order valence-corrected chi connectivity index (χ3v) is 0.331. The summed E-state index contributed by atoms with van der Waals surface area (Å²) in [5, 5.41) is 9.33. The minimum absolute atomic E-state index is 0. The first-order valence-corrected chi connectivity index (χ1v) is 1.30. The van der Waals surface area contributed by atoms with E-state index < -0.39 is 0 Å². The molecule has 1 heterocycles. The molecule has 0 aliphatic carbocycles. The van der Waals surface area contributed by atoms with Gasteiger partial charge in [0.1, 0.15) is 0 Å². The first-order chi connectivity index (χ1) is 2.50. The van der Waals surface area contributed by atoms with Crippen LogP contribution in [0.25, 0.3) is 0 Å². The molecule has 1 aromatic rings. The average molecular weight is 259 g/mol. The number of nitrogens with zero attached hydrogens (tertiary/aromatic N) is 2. The minimum Gasteiger partial charge on any atom is -1.00 e. The molecule has 1 rings (SSSR count). The van der Waals surface area contributed by atoms with E-state index in [0.29, 0.717) is 0 Å². The summed E-state index contributed by atoms with van der Waals surface area (Å²) in [6.07, 6.45) is 3.17. The first kappa shape index (κ1) is 30.5. The van der Waals surface area contributed by atoms with Crippen LogP contribution in [0.5, 0.6) is 0 Å². The number of aromatic nitrogens is 3. The molecule has 0 aromatic carbocycles. The van der Waals surface area contributed by atoms with Gasteiger partial charge in [-0.15, -0.1) is 0 Å². The van der Waals surface area contributed by atoms with E-state index in [1.807, 2.05) is 0 Å². The van der Waals surface area contributed by atoms with Crippen LogP contribution < -0.4 is 49.6 Å². The predicted molar refractivity (Wildman–Crippen MR) is 16.4 cm³/mol. The molecule has 0 radical (unpaired) electrons. The molecule has 0 fully saturated rings. The third-order valence-electron chi connectivity index (χ3n) is 0.331. The van der Waals surface area contributed by atoms with Gasteiger partial charge in [-0.2, -0.15) is 15.4 Å². The van der Waals surface area contributed by atoms with Crippen molar-refractivity contribution in [2.24, 2.45) is 0 Å². The average Bonchev–Trinajstić information content (AvgIpc) is 1.76. The van der Waals surface area contributed by atoms with Gasteiger partial charge < -0.3 is 49.6 Å². The van der Waals surface area contributed by atoms with E-state index >= 15 is 0 Å². The molecule has 0 spiro atoms. The second-order valence-corrected chi connectivity index (χ2v) is 0.656. The monoisotopic (exact) mass is 257 g/mol. The van der Waals surface area contributed by atoms with Crippen molar-refractivity contribution in [3.63, 3.8) is 0 Å². The van der Waals surface area contributed by atoms with Crippen LogP contribution in [-0.2, 0) is 21.7 Å². The van der Waals surface area contributed by atoms with Gasteiger partial charge in [0, 0.05) is 0 Å². The van der Waals surface area contributed by atoms with Gasteiger partial charge in [-0.3, -0.25) is 0 Å². The summed E-state index contributed by atoms with van der Waals surface area (Å²) in [6, 6.07) is 0. The van der Waals surface area contributed by atoms with Crippen LogP contribution >= 0.6 is 0 Å². The molecule has 0 aliphatic rings. The van der Waals surface area contributed by atoms with E-state index in [0.717, 1.165) is 0 Å². The van der Waals surface area contributed by atoms with Gasteiger partial charge in [-0.25, -0.2) is 0 Å². The topological polar surface area (TPSA) is 41.6 Å². The zero-order valence-electron chi connectivity index (χ0n) is 4.56. The molecule has 0 unspecified atom stereocenters. The maximum atomic E-state index is 3.49. The quantitative estimate of drug-likeness (QED) is 0.470. The zero-order chi connectivity index (χ0) is 3.54. The van der Waals surface area contributed by atoms with Crippen molar-refractivity contribution in [2.45, 2.75) is 0 Å². The predicted octanol–water partition coefficient (Wildman–Crippen LogP) is -12.2. The molecule has 0 atom stereocenters. The fourth-order valence-corrected chi connectivity index (χ4v) is 0.167. The summed E-state index contributed by atoms with van der Waals surface area (Å²) in [6.45, 7) is 0. The summed E-state index contributed by atoms with van der Waals surface area (Å²) in [5.74, 6) is 0. The van der Waals surface area contributed by atoms with Crippen LogP contribution in [0.15, 0.2) is 12.4 Å². The van der Waals surface area contributed by atoms with Crippen molar-refractivity contribution in [1.82, 2.24) is 15.4 Å². The zero-order valence-corrected chi connectivity index (χ0v) is 9.15. The van der Waals surface area contributed by atoms with Crippen molar-refractivity contribution >= 4 is 0 Å². The molecule has 0 amide bonds.